The van der Waals surface area contributed by atoms with E-state index in [1.165, 1.54) is 0 Å². The molecule has 22 heteroatoms. The molecule has 23 unspecified atom stereocenters. The van der Waals surface area contributed by atoms with E-state index < -0.39 is 78.3 Å². The van der Waals surface area contributed by atoms with Crippen molar-refractivity contribution in [3.05, 3.63) is 48.0 Å². The fourth-order valence-electron chi connectivity index (χ4n) is 10.7. The Labute approximate surface area is 431 Å². The van der Waals surface area contributed by atoms with E-state index in [2.05, 4.69) is 13.8 Å². The molecule has 4 N–H and O–H groups in total. The van der Waals surface area contributed by atoms with Crippen LogP contribution in [-0.4, -0.2) is 127 Å². The third-order valence-electron chi connectivity index (χ3n) is 17.7. The number of esters is 1. The first-order valence-electron chi connectivity index (χ1n) is 26.0. The molecule has 23 atom stereocenters. The van der Waals surface area contributed by atoms with Crippen molar-refractivity contribution in [2.75, 3.05) is 52.9 Å². The molecule has 0 saturated carbocycles. The van der Waals surface area contributed by atoms with Crippen molar-refractivity contribution in [3.63, 3.8) is 0 Å². The molecule has 0 spiro atoms. The van der Waals surface area contributed by atoms with Gasteiger partial charge in [-0.3, -0.25) is 27.1 Å². The van der Waals surface area contributed by atoms with Gasteiger partial charge in [0.15, 0.2) is 0 Å². The van der Waals surface area contributed by atoms with E-state index in [4.69, 9.17) is 50.8 Å². The summed E-state index contributed by atoms with van der Waals surface area (Å²) >= 11 is 0. The zero-order valence-corrected chi connectivity index (χ0v) is 47.2. The van der Waals surface area contributed by atoms with Gasteiger partial charge in [-0.2, -0.15) is 0 Å². The molecule has 6 rings (SSSR count). The van der Waals surface area contributed by atoms with Gasteiger partial charge in [-0.15, -0.1) is 0 Å². The van der Waals surface area contributed by atoms with Gasteiger partial charge in [0.05, 0.1) is 101 Å². The fraction of sp³-hybridized carbons (Fsp3) is 0.784. The summed E-state index contributed by atoms with van der Waals surface area (Å²) in [5.74, 6) is -0.732. The van der Waals surface area contributed by atoms with Crippen molar-refractivity contribution in [1.29, 1.82) is 0 Å². The number of benzene rings is 2. The van der Waals surface area contributed by atoms with E-state index in [-0.39, 0.29) is 124 Å². The minimum absolute atomic E-state index is 0.00207. The molecule has 2 aromatic carbocycles. The number of fused-ring (bicyclic) bond motifs is 1. The molecule has 0 radical (unpaired) electrons. The van der Waals surface area contributed by atoms with Crippen molar-refractivity contribution in [3.8, 4) is 0 Å². The SMILES string of the molecule is CC1C(CO)OC(COP(=O)(O)OCC2OC(COP(=O)(O)OCC3OC(COP(=O)(O)OCC4OC(COC(=O)c5ccc6ccccc6c5)C(C)C(C)C4C)C(C)C(C)C3C)C(C)C(C)C2C)C(C)C1C. The molecular formula is C51H83O19P3. The fourth-order valence-corrected chi connectivity index (χ4v) is 13.0. The number of hydrogen-bond acceptors (Lipinski definition) is 16. The lowest BCUT2D eigenvalue weighted by Gasteiger charge is -2.44. The zero-order chi connectivity index (χ0) is 53.7. The van der Waals surface area contributed by atoms with Crippen LogP contribution in [0.5, 0.6) is 0 Å². The van der Waals surface area contributed by atoms with Crippen LogP contribution in [0.4, 0.5) is 0 Å². The molecule has 4 aliphatic heterocycles. The van der Waals surface area contributed by atoms with Crippen LogP contribution in [0, 0.1) is 71.0 Å². The Bertz CT molecular complexity index is 2250. The number of carbonyl (C=O) groups is 1. The topological polar surface area (TPSA) is 251 Å². The lowest BCUT2D eigenvalue weighted by Crippen LogP contribution is -2.48. The number of aliphatic hydroxyl groups excluding tert-OH is 1. The van der Waals surface area contributed by atoms with Crippen molar-refractivity contribution in [2.24, 2.45) is 71.0 Å². The van der Waals surface area contributed by atoms with Crippen LogP contribution < -0.4 is 0 Å². The predicted molar refractivity (Wildman–Crippen MR) is 271 cm³/mol. The average Bonchev–Trinajstić information content (AvgIpc) is 3.36. The molecular weight excluding hydrogens is 1010 g/mol. The highest BCUT2D eigenvalue weighted by molar-refractivity contribution is 7.47. The molecule has 0 bridgehead atoms. The maximum atomic E-state index is 13.4. The number of rotatable bonds is 22. The molecule has 4 aliphatic rings. The van der Waals surface area contributed by atoms with E-state index >= 15 is 0 Å². The standard InChI is InChI=1S/C51H83O19P3/c1-28-32(5)43(20-52)67-45(34(28)7)22-61-71(54,55)63-24-47-36(9)30(3)38(11)49(69-47)26-65-73(58,59)66-27-50-39(12)31(4)37(10)48(70-50)25-64-72(56,57)62-23-46-35(8)29(2)33(6)44(68-46)21-60-51(53)42-18-17-40-15-13-14-16-41(40)19-42/h13-19,28-39,43-50,52H,20-27H2,1-12H3,(H,54,55)(H,56,57)(H,58,59). The van der Waals surface area contributed by atoms with Crippen molar-refractivity contribution in [1.82, 2.24) is 0 Å². The average molecular weight is 1090 g/mol. The number of ether oxygens (including phenoxy) is 5. The molecule has 416 valence electrons. The van der Waals surface area contributed by atoms with Crippen molar-refractivity contribution < 1.29 is 89.1 Å². The summed E-state index contributed by atoms with van der Waals surface area (Å²) < 4.78 is 103. The quantitative estimate of drug-likeness (QED) is 0.0633. The lowest BCUT2D eigenvalue weighted by atomic mass is 9.77. The zero-order valence-electron chi connectivity index (χ0n) is 44.5. The Morgan fingerprint density at radius 1 is 0.411 bits per heavy atom. The second-order valence-corrected chi connectivity index (χ2v) is 26.0. The van der Waals surface area contributed by atoms with Crippen LogP contribution in [0.25, 0.3) is 10.8 Å². The van der Waals surface area contributed by atoms with Crippen LogP contribution in [0.2, 0.25) is 0 Å². The Kier molecular flexibility index (Phi) is 21.4. The normalized spacial score (nSPS) is 39.8. The number of carbonyl (C=O) groups excluding carboxylic acids is 1. The van der Waals surface area contributed by atoms with E-state index in [0.29, 0.717) is 5.56 Å². The van der Waals surface area contributed by atoms with Crippen LogP contribution >= 0.6 is 23.5 Å². The lowest BCUT2D eigenvalue weighted by molar-refractivity contribution is -0.167. The second-order valence-electron chi connectivity index (χ2n) is 21.7. The summed E-state index contributed by atoms with van der Waals surface area (Å²) in [4.78, 5) is 45.4. The van der Waals surface area contributed by atoms with E-state index in [0.717, 1.165) is 10.8 Å². The Balaban J connectivity index is 0.949. The number of phosphoric acid groups is 3. The first kappa shape index (κ1) is 60.5. The smallest absolute Gasteiger partial charge is 0.459 e. The molecule has 0 aromatic heterocycles. The molecule has 19 nitrogen and oxygen atoms in total. The van der Waals surface area contributed by atoms with Crippen LogP contribution in [0.3, 0.4) is 0 Å². The summed E-state index contributed by atoms with van der Waals surface area (Å²) in [6.07, 6.45) is -4.81. The molecule has 4 saturated heterocycles. The third kappa shape index (κ3) is 15.5. The molecule has 2 aromatic rings. The van der Waals surface area contributed by atoms with Crippen LogP contribution in [0.1, 0.15) is 93.4 Å². The number of phosphoric ester groups is 3. The van der Waals surface area contributed by atoms with Gasteiger partial charge in [0.25, 0.3) is 0 Å². The van der Waals surface area contributed by atoms with Crippen LogP contribution in [0.15, 0.2) is 42.5 Å². The van der Waals surface area contributed by atoms with Gasteiger partial charge in [-0.25, -0.2) is 18.5 Å². The van der Waals surface area contributed by atoms with Gasteiger partial charge in [-0.1, -0.05) is 113 Å². The van der Waals surface area contributed by atoms with E-state index in [1.54, 1.807) is 12.1 Å². The van der Waals surface area contributed by atoms with E-state index in [9.17, 15) is 38.3 Å². The molecule has 73 heavy (non-hydrogen) atoms. The maximum absolute atomic E-state index is 13.4. The Morgan fingerprint density at radius 3 is 1.00 bits per heavy atom. The highest BCUT2D eigenvalue weighted by Crippen LogP contribution is 2.50. The Hall–Kier alpha value is -1.70. The monoisotopic (exact) mass is 1090 g/mol. The van der Waals surface area contributed by atoms with Gasteiger partial charge >= 0.3 is 29.4 Å². The number of aliphatic hydroxyl groups is 1. The first-order chi connectivity index (χ1) is 34.2. The second kappa shape index (κ2) is 25.8. The molecule has 0 aliphatic carbocycles. The summed E-state index contributed by atoms with van der Waals surface area (Å²) in [5.41, 5.74) is 0.425. The van der Waals surface area contributed by atoms with Crippen molar-refractivity contribution in [2.45, 2.75) is 132 Å². The summed E-state index contributed by atoms with van der Waals surface area (Å²) in [5, 5.41) is 11.7. The summed E-state index contributed by atoms with van der Waals surface area (Å²) in [6, 6.07) is 13.1. The molecule has 0 amide bonds. The van der Waals surface area contributed by atoms with Gasteiger partial charge in [0.1, 0.15) is 6.61 Å². The van der Waals surface area contributed by atoms with Gasteiger partial charge in [0, 0.05) is 0 Å². The first-order valence-corrected chi connectivity index (χ1v) is 30.5. The van der Waals surface area contributed by atoms with Gasteiger partial charge < -0.3 is 43.5 Å². The third-order valence-corrected chi connectivity index (χ3v) is 20.5. The summed E-state index contributed by atoms with van der Waals surface area (Å²) in [6.45, 7) is 21.9. The predicted octanol–water partition coefficient (Wildman–Crippen LogP) is 9.09. The molecule has 4 fully saturated rings. The highest BCUT2D eigenvalue weighted by atomic mass is 31.2. The van der Waals surface area contributed by atoms with Crippen molar-refractivity contribution >= 4 is 40.2 Å². The minimum Gasteiger partial charge on any atom is -0.459 e. The Morgan fingerprint density at radius 2 is 0.685 bits per heavy atom. The maximum Gasteiger partial charge on any atom is 0.472 e. The van der Waals surface area contributed by atoms with E-state index in [1.807, 2.05) is 99.6 Å². The number of hydrogen-bond donors (Lipinski definition) is 4. The van der Waals surface area contributed by atoms with Gasteiger partial charge in [-0.05, 0) is 93.9 Å². The minimum atomic E-state index is -4.68. The highest BCUT2D eigenvalue weighted by Gasteiger charge is 2.46. The largest absolute Gasteiger partial charge is 0.472 e. The van der Waals surface area contributed by atoms with Gasteiger partial charge in [0.2, 0.25) is 0 Å². The van der Waals surface area contributed by atoms with Crippen LogP contribution in [-0.2, 0) is 64.5 Å². The molecule has 4 heterocycles. The summed E-state index contributed by atoms with van der Waals surface area (Å²) in [7, 11) is -13.9.